The van der Waals surface area contributed by atoms with Crippen molar-refractivity contribution in [1.29, 1.82) is 0 Å². The zero-order chi connectivity index (χ0) is 29.5. The Balaban J connectivity index is 0.000000493. The molecule has 41 heavy (non-hydrogen) atoms. The van der Waals surface area contributed by atoms with Crippen LogP contribution in [0.3, 0.4) is 0 Å². The van der Waals surface area contributed by atoms with Gasteiger partial charge in [-0.15, -0.1) is 0 Å². The van der Waals surface area contributed by atoms with Crippen LogP contribution in [0.1, 0.15) is 54.4 Å². The number of carboxylic acids is 2. The average Bonchev–Trinajstić information content (AvgIpc) is 2.91. The summed E-state index contributed by atoms with van der Waals surface area (Å²) in [7, 11) is 0. The molecule has 11 heteroatoms. The van der Waals surface area contributed by atoms with E-state index in [4.69, 9.17) is 24.7 Å². The summed E-state index contributed by atoms with van der Waals surface area (Å²) in [6.07, 6.45) is 3.77. The smallest absolute Gasteiger partial charge is 0.478 e. The van der Waals surface area contributed by atoms with Crippen molar-refractivity contribution in [3.8, 4) is 0 Å². The van der Waals surface area contributed by atoms with Gasteiger partial charge in [0, 0.05) is 12.2 Å². The molecule has 0 aromatic heterocycles. The number of nitrogens with zero attached hydrogens (tertiary/aromatic N) is 1. The van der Waals surface area contributed by atoms with E-state index in [0.29, 0.717) is 19.1 Å². The molecule has 0 aliphatic heterocycles. The van der Waals surface area contributed by atoms with E-state index >= 15 is 0 Å². The minimum atomic E-state index is -5.08. The Morgan fingerprint density at radius 1 is 0.927 bits per heavy atom. The molecule has 2 aromatic carbocycles. The zero-order valence-electron chi connectivity index (χ0n) is 22.7. The highest BCUT2D eigenvalue weighted by atomic mass is 19.4. The predicted octanol–water partition coefficient (Wildman–Crippen LogP) is 5.60. The van der Waals surface area contributed by atoms with Crippen molar-refractivity contribution in [2.45, 2.75) is 56.7 Å². The third kappa shape index (κ3) is 8.94. The molecule has 4 aliphatic rings. The molecule has 0 amide bonds. The molecular weight excluding hydrogens is 539 g/mol. The molecule has 4 aliphatic carbocycles. The number of aromatic carboxylic acids is 1. The summed E-state index contributed by atoms with van der Waals surface area (Å²) in [6.45, 7) is 1.98. The van der Waals surface area contributed by atoms with Crippen LogP contribution in [-0.2, 0) is 16.0 Å². The molecule has 0 heterocycles. The molecule has 222 valence electrons. The van der Waals surface area contributed by atoms with Crippen LogP contribution in [0, 0.1) is 17.8 Å². The van der Waals surface area contributed by atoms with Crippen LogP contribution < -0.4 is 10.6 Å². The lowest BCUT2D eigenvalue weighted by Crippen LogP contribution is -2.52. The van der Waals surface area contributed by atoms with Crippen LogP contribution in [0.25, 0.3) is 0 Å². The first-order chi connectivity index (χ1) is 19.5. The van der Waals surface area contributed by atoms with Crippen LogP contribution in [0.4, 0.5) is 18.9 Å². The molecular formula is C30H36F3N3O5. The van der Waals surface area contributed by atoms with Crippen LogP contribution in [-0.4, -0.2) is 59.6 Å². The number of aliphatic carboxylic acids is 1. The van der Waals surface area contributed by atoms with Crippen LogP contribution in [0.5, 0.6) is 0 Å². The van der Waals surface area contributed by atoms with Crippen LogP contribution in [0.2, 0.25) is 0 Å². The molecule has 0 radical (unpaired) electrons. The molecule has 0 saturated heterocycles. The molecule has 2 aromatic rings. The van der Waals surface area contributed by atoms with Gasteiger partial charge < -0.3 is 25.6 Å². The fraction of sp³-hybridized carbons (Fsp3) is 0.500. The SMILES string of the molecule is O=C(O)C(F)(F)F.O=C(O)c1ccc(NC(=NCCOC23CC4CC(CC(C4)C2)C3)NCCc2ccccc2)cc1. The maximum absolute atomic E-state index is 11.1. The summed E-state index contributed by atoms with van der Waals surface area (Å²) in [5, 5.41) is 23.0. The highest BCUT2D eigenvalue weighted by Gasteiger charge is 2.51. The van der Waals surface area contributed by atoms with Crippen LogP contribution in [0.15, 0.2) is 59.6 Å². The first-order valence-corrected chi connectivity index (χ1v) is 13.9. The van der Waals surface area contributed by atoms with Gasteiger partial charge in [0.2, 0.25) is 0 Å². The van der Waals surface area contributed by atoms with E-state index in [1.165, 1.54) is 44.1 Å². The van der Waals surface area contributed by atoms with E-state index in [-0.39, 0.29) is 11.2 Å². The fourth-order valence-corrected chi connectivity index (χ4v) is 6.57. The Labute approximate surface area is 237 Å². The average molecular weight is 576 g/mol. The molecule has 8 nitrogen and oxygen atoms in total. The number of hydrogen-bond donors (Lipinski definition) is 4. The number of carbonyl (C=O) groups is 2. The molecule has 4 saturated carbocycles. The summed E-state index contributed by atoms with van der Waals surface area (Å²) in [4.78, 5) is 24.8. The van der Waals surface area contributed by atoms with E-state index < -0.39 is 18.1 Å². The van der Waals surface area contributed by atoms with Crippen molar-refractivity contribution in [3.05, 3.63) is 65.7 Å². The minimum absolute atomic E-state index is 0.102. The van der Waals surface area contributed by atoms with Crippen molar-refractivity contribution < 1.29 is 37.7 Å². The Bertz CT molecular complexity index is 1170. The van der Waals surface area contributed by atoms with Crippen molar-refractivity contribution in [2.24, 2.45) is 22.7 Å². The van der Waals surface area contributed by atoms with Gasteiger partial charge in [0.1, 0.15) is 0 Å². The van der Waals surface area contributed by atoms with Crippen molar-refractivity contribution in [1.82, 2.24) is 5.32 Å². The highest BCUT2D eigenvalue weighted by molar-refractivity contribution is 5.94. The predicted molar refractivity (Wildman–Crippen MR) is 148 cm³/mol. The molecule has 0 atom stereocenters. The van der Waals surface area contributed by atoms with Gasteiger partial charge in [-0.05, 0) is 92.5 Å². The first-order valence-electron chi connectivity index (χ1n) is 13.9. The minimum Gasteiger partial charge on any atom is -0.478 e. The monoisotopic (exact) mass is 575 g/mol. The van der Waals surface area contributed by atoms with Gasteiger partial charge in [0.05, 0.1) is 24.3 Å². The largest absolute Gasteiger partial charge is 0.490 e. The lowest BCUT2D eigenvalue weighted by atomic mass is 9.54. The maximum Gasteiger partial charge on any atom is 0.490 e. The third-order valence-corrected chi connectivity index (χ3v) is 7.94. The Kier molecular flexibility index (Phi) is 9.90. The zero-order valence-corrected chi connectivity index (χ0v) is 22.7. The van der Waals surface area contributed by atoms with E-state index in [9.17, 15) is 18.0 Å². The number of alkyl halides is 3. The Morgan fingerprint density at radius 2 is 1.49 bits per heavy atom. The van der Waals surface area contributed by atoms with Crippen molar-refractivity contribution in [3.63, 3.8) is 0 Å². The summed E-state index contributed by atoms with van der Waals surface area (Å²) in [5.41, 5.74) is 2.44. The maximum atomic E-state index is 11.1. The number of halogens is 3. The molecule has 4 fully saturated rings. The fourth-order valence-electron chi connectivity index (χ4n) is 6.57. The lowest BCUT2D eigenvalue weighted by Gasteiger charge is -2.56. The van der Waals surface area contributed by atoms with E-state index in [1.54, 1.807) is 24.3 Å². The van der Waals surface area contributed by atoms with Crippen molar-refractivity contribution >= 4 is 23.6 Å². The van der Waals surface area contributed by atoms with Gasteiger partial charge in [-0.1, -0.05) is 30.3 Å². The molecule has 4 N–H and O–H groups in total. The number of rotatable bonds is 9. The summed E-state index contributed by atoms with van der Waals surface area (Å²) in [6, 6.07) is 17.1. The quantitative estimate of drug-likeness (QED) is 0.174. The topological polar surface area (TPSA) is 120 Å². The second-order valence-electron chi connectivity index (χ2n) is 11.2. The van der Waals surface area contributed by atoms with E-state index in [2.05, 4.69) is 22.8 Å². The second kappa shape index (κ2) is 13.4. The number of nitrogens with one attached hydrogen (secondary N) is 2. The number of anilines is 1. The van der Waals surface area contributed by atoms with Gasteiger partial charge in [-0.25, -0.2) is 9.59 Å². The molecule has 6 rings (SSSR count). The van der Waals surface area contributed by atoms with Gasteiger partial charge in [-0.2, -0.15) is 13.2 Å². The van der Waals surface area contributed by atoms with Gasteiger partial charge >= 0.3 is 18.1 Å². The van der Waals surface area contributed by atoms with E-state index in [0.717, 1.165) is 36.4 Å². The summed E-state index contributed by atoms with van der Waals surface area (Å²) < 4.78 is 38.3. The van der Waals surface area contributed by atoms with Gasteiger partial charge in [0.25, 0.3) is 0 Å². The van der Waals surface area contributed by atoms with Crippen LogP contribution >= 0.6 is 0 Å². The summed E-state index contributed by atoms with van der Waals surface area (Å²) >= 11 is 0. The molecule has 4 bridgehead atoms. The van der Waals surface area contributed by atoms with Gasteiger partial charge in [0.15, 0.2) is 5.96 Å². The van der Waals surface area contributed by atoms with Gasteiger partial charge in [-0.3, -0.25) is 4.99 Å². The van der Waals surface area contributed by atoms with Crippen molar-refractivity contribution in [2.75, 3.05) is 25.0 Å². The number of hydrogen-bond acceptors (Lipinski definition) is 4. The molecule has 0 unspecified atom stereocenters. The number of ether oxygens (including phenoxy) is 1. The summed E-state index contributed by atoms with van der Waals surface area (Å²) in [5.74, 6) is -0.370. The first kappa shape index (κ1) is 30.4. The Morgan fingerprint density at radius 3 is 2.00 bits per heavy atom. The number of carboxylic acid groups (broad SMARTS) is 2. The third-order valence-electron chi connectivity index (χ3n) is 7.94. The number of guanidine groups is 1. The standard InChI is InChI=1S/C28H35N3O3.C2HF3O2/c32-26(33)24-6-8-25(9-7-24)31-27(29-11-10-20-4-2-1-3-5-20)30-12-13-34-28-17-21-14-22(18-28)16-23(15-21)19-28;3-2(4,5)1(6)7/h1-9,21-23H,10-19H2,(H,32,33)(H2,29,30,31);(H,6,7). The number of aliphatic imine (C=N–C) groups is 1. The number of benzene rings is 2. The lowest BCUT2D eigenvalue weighted by molar-refractivity contribution is -0.192. The van der Waals surface area contributed by atoms with E-state index in [1.807, 2.05) is 18.2 Å². The Hall–Kier alpha value is -3.60. The normalized spacial score (nSPS) is 24.8. The second-order valence-corrected chi connectivity index (χ2v) is 11.2. The highest BCUT2D eigenvalue weighted by Crippen LogP contribution is 2.57. The molecule has 0 spiro atoms.